The molecule has 1 atom stereocenters. The summed E-state index contributed by atoms with van der Waals surface area (Å²) in [6.07, 6.45) is -11.3. The van der Waals surface area contributed by atoms with E-state index in [1.54, 1.807) is 19.1 Å². The molecule has 0 saturated carbocycles. The van der Waals surface area contributed by atoms with Crippen LogP contribution < -0.4 is 14.8 Å². The van der Waals surface area contributed by atoms with E-state index >= 15 is 0 Å². The van der Waals surface area contributed by atoms with Crippen molar-refractivity contribution >= 4 is 17.1 Å². The highest BCUT2D eigenvalue weighted by molar-refractivity contribution is 6.27. The zero-order valence-corrected chi connectivity index (χ0v) is 20.5. The number of ether oxygens (including phenoxy) is 2. The summed E-state index contributed by atoms with van der Waals surface area (Å²) in [4.78, 5) is 13.3. The molecule has 2 N–H and O–H groups in total. The van der Waals surface area contributed by atoms with Crippen LogP contribution in [-0.2, 0) is 10.3 Å². The Hall–Kier alpha value is -4.10. The molecule has 8 nitrogen and oxygen atoms in total. The fourth-order valence-corrected chi connectivity index (χ4v) is 4.27. The van der Waals surface area contributed by atoms with E-state index in [1.807, 2.05) is 0 Å². The molecule has 2 heterocycles. The maximum Gasteiger partial charge on any atom is 0.416 e. The van der Waals surface area contributed by atoms with Crippen LogP contribution in [0.2, 0.25) is 0 Å². The second-order valence-corrected chi connectivity index (χ2v) is 8.67. The van der Waals surface area contributed by atoms with Crippen molar-refractivity contribution < 1.29 is 40.6 Å². The molecule has 39 heavy (non-hydrogen) atoms. The van der Waals surface area contributed by atoms with Gasteiger partial charge in [0.05, 0.1) is 18.8 Å². The normalized spacial score (nSPS) is 18.2. The smallest absolute Gasteiger partial charge is 0.416 e. The Kier molecular flexibility index (Phi) is 7.84. The largest absolute Gasteiger partial charge is 0.494 e. The quantitative estimate of drug-likeness (QED) is 0.278. The average molecular weight is 555 g/mol. The van der Waals surface area contributed by atoms with Crippen molar-refractivity contribution in [3.63, 3.8) is 0 Å². The van der Waals surface area contributed by atoms with Gasteiger partial charge in [0, 0.05) is 12.8 Å². The molecule has 1 aromatic heterocycles. The Morgan fingerprint density at radius 1 is 0.949 bits per heavy atom. The number of benzene rings is 2. The molecule has 3 aromatic rings. The first-order chi connectivity index (χ1) is 18.4. The van der Waals surface area contributed by atoms with E-state index in [1.165, 1.54) is 24.3 Å². The highest BCUT2D eigenvalue weighted by Gasteiger charge is 2.59. The molecule has 1 amide bonds. The Morgan fingerprint density at radius 2 is 1.59 bits per heavy atom. The van der Waals surface area contributed by atoms with E-state index < -0.39 is 36.6 Å². The summed E-state index contributed by atoms with van der Waals surface area (Å²) >= 11 is 0. The number of tetrazole rings is 1. The Labute approximate surface area is 218 Å². The highest BCUT2D eigenvalue weighted by atomic mass is 19.4. The molecule has 1 aliphatic heterocycles. The molecule has 0 bridgehead atoms. The van der Waals surface area contributed by atoms with Crippen LogP contribution in [0.25, 0.3) is 11.1 Å². The van der Waals surface area contributed by atoms with Gasteiger partial charge >= 0.3 is 12.4 Å². The van der Waals surface area contributed by atoms with Crippen LogP contribution in [0.1, 0.15) is 43.1 Å². The van der Waals surface area contributed by atoms with Gasteiger partial charge in [-0.2, -0.15) is 31.6 Å². The molecule has 2 aromatic carbocycles. The molecule has 0 saturated heterocycles. The van der Waals surface area contributed by atoms with Crippen molar-refractivity contribution in [3.8, 4) is 11.5 Å². The molecule has 14 heteroatoms. The minimum Gasteiger partial charge on any atom is -0.494 e. The van der Waals surface area contributed by atoms with Crippen LogP contribution in [0.15, 0.2) is 48.5 Å². The predicted octanol–water partition coefficient (Wildman–Crippen LogP) is 5.21. The number of carbonyl (C=O) groups excluding carboxylic acids is 1. The molecule has 0 spiro atoms. The van der Waals surface area contributed by atoms with Gasteiger partial charge < -0.3 is 14.8 Å². The van der Waals surface area contributed by atoms with Crippen LogP contribution in [0.4, 0.5) is 26.3 Å². The van der Waals surface area contributed by atoms with E-state index in [0.717, 1.165) is 12.1 Å². The van der Waals surface area contributed by atoms with Gasteiger partial charge in [0.2, 0.25) is 5.82 Å². The van der Waals surface area contributed by atoms with Gasteiger partial charge in [-0.3, -0.25) is 4.79 Å². The minimum atomic E-state index is -4.95. The van der Waals surface area contributed by atoms with Gasteiger partial charge in [0.15, 0.2) is 5.54 Å². The monoisotopic (exact) mass is 555 g/mol. The Balaban J connectivity index is 1.71. The fourth-order valence-electron chi connectivity index (χ4n) is 4.27. The molecular weight excluding hydrogens is 532 g/mol. The second kappa shape index (κ2) is 10.9. The third kappa shape index (κ3) is 6.15. The van der Waals surface area contributed by atoms with E-state index in [-0.39, 0.29) is 41.3 Å². The van der Waals surface area contributed by atoms with Crippen LogP contribution in [0.5, 0.6) is 11.5 Å². The number of nitrogens with one attached hydrogen (secondary N) is 2. The first-order valence-corrected chi connectivity index (χ1v) is 11.8. The summed E-state index contributed by atoms with van der Waals surface area (Å²) in [6, 6.07) is 10.9. The van der Waals surface area contributed by atoms with Gasteiger partial charge in [0.25, 0.3) is 5.91 Å². The van der Waals surface area contributed by atoms with Crippen LogP contribution in [0.3, 0.4) is 0 Å². The summed E-state index contributed by atoms with van der Waals surface area (Å²) in [5, 5.41) is 15.3. The van der Waals surface area contributed by atoms with Crippen LogP contribution in [0, 0.1) is 0 Å². The summed E-state index contributed by atoms with van der Waals surface area (Å²) in [5.41, 5.74) is -2.93. The first-order valence-electron chi connectivity index (χ1n) is 11.8. The van der Waals surface area contributed by atoms with Crippen molar-refractivity contribution in [2.24, 2.45) is 0 Å². The standard InChI is InChI=1S/C25H23F6N5O3/c1-2-38-17-8-4-15(5-9-17)19-14-23(25(29,30)31,32-22(37)20(19)21-33-35-36-34-21)16-6-10-18(11-7-16)39-13-3-12-24(26,27)28/h4-11H,2-3,12-14H2,1H3,(H,32,37)(H,33,34,35,36). The molecule has 4 rings (SSSR count). The molecule has 1 aliphatic rings. The van der Waals surface area contributed by atoms with Gasteiger partial charge in [-0.25, -0.2) is 0 Å². The molecule has 0 fully saturated rings. The summed E-state index contributed by atoms with van der Waals surface area (Å²) in [6.45, 7) is 1.91. The van der Waals surface area contributed by atoms with Crippen molar-refractivity contribution in [1.82, 2.24) is 25.9 Å². The number of carbonyl (C=O) groups is 1. The lowest BCUT2D eigenvalue weighted by Crippen LogP contribution is -2.58. The number of alkyl halides is 6. The molecule has 208 valence electrons. The number of halogens is 6. The zero-order chi connectivity index (χ0) is 28.3. The topological polar surface area (TPSA) is 102 Å². The van der Waals surface area contributed by atoms with Crippen LogP contribution in [-0.4, -0.2) is 52.1 Å². The Morgan fingerprint density at radius 3 is 2.15 bits per heavy atom. The van der Waals surface area contributed by atoms with Gasteiger partial charge in [-0.05, 0) is 59.5 Å². The lowest BCUT2D eigenvalue weighted by Gasteiger charge is -2.41. The van der Waals surface area contributed by atoms with E-state index in [2.05, 4.69) is 25.9 Å². The number of rotatable bonds is 9. The number of aromatic amines is 1. The number of amides is 1. The maximum absolute atomic E-state index is 14.8. The maximum atomic E-state index is 14.8. The third-order valence-electron chi connectivity index (χ3n) is 6.08. The number of H-pyrrole nitrogens is 1. The Bertz CT molecular complexity index is 1310. The van der Waals surface area contributed by atoms with Crippen LogP contribution >= 0.6 is 0 Å². The third-order valence-corrected chi connectivity index (χ3v) is 6.08. The average Bonchev–Trinajstić information content (AvgIpc) is 3.40. The molecule has 0 aliphatic carbocycles. The summed E-state index contributed by atoms with van der Waals surface area (Å²) < 4.78 is 92.0. The fraction of sp³-hybridized carbons (Fsp3) is 0.360. The van der Waals surface area contributed by atoms with Gasteiger partial charge in [0.1, 0.15) is 11.5 Å². The molecular formula is C25H23F6N5O3. The summed E-state index contributed by atoms with van der Waals surface area (Å²) in [7, 11) is 0. The zero-order valence-electron chi connectivity index (χ0n) is 20.5. The van der Waals surface area contributed by atoms with Crippen molar-refractivity contribution in [3.05, 3.63) is 65.5 Å². The highest BCUT2D eigenvalue weighted by Crippen LogP contribution is 2.49. The predicted molar refractivity (Wildman–Crippen MR) is 126 cm³/mol. The molecule has 1 unspecified atom stereocenters. The first kappa shape index (κ1) is 27.9. The van der Waals surface area contributed by atoms with E-state index in [4.69, 9.17) is 9.47 Å². The minimum absolute atomic E-state index is 0.0352. The lowest BCUT2D eigenvalue weighted by molar-refractivity contribution is -0.201. The number of hydrogen-bond acceptors (Lipinski definition) is 6. The van der Waals surface area contributed by atoms with Crippen molar-refractivity contribution in [2.45, 2.75) is 44.1 Å². The van der Waals surface area contributed by atoms with E-state index in [0.29, 0.717) is 17.9 Å². The van der Waals surface area contributed by atoms with Crippen molar-refractivity contribution in [1.29, 1.82) is 0 Å². The number of hydrogen-bond donors (Lipinski definition) is 2. The summed E-state index contributed by atoms with van der Waals surface area (Å²) in [5.74, 6) is -0.641. The number of nitrogens with zero attached hydrogens (tertiary/aromatic N) is 3. The second-order valence-electron chi connectivity index (χ2n) is 8.67. The van der Waals surface area contributed by atoms with Gasteiger partial charge in [-0.1, -0.05) is 24.3 Å². The van der Waals surface area contributed by atoms with Gasteiger partial charge in [-0.15, -0.1) is 10.2 Å². The lowest BCUT2D eigenvalue weighted by atomic mass is 9.76. The van der Waals surface area contributed by atoms with E-state index in [9.17, 15) is 31.1 Å². The SMILES string of the molecule is CCOc1ccc(C2=C(c3nn[nH]n3)C(=O)NC(c3ccc(OCCCC(F)(F)F)cc3)(C(F)(F)F)C2)cc1. The number of aromatic nitrogens is 4. The molecule has 0 radical (unpaired) electrons. The van der Waals surface area contributed by atoms with Crippen molar-refractivity contribution in [2.75, 3.05) is 13.2 Å².